The standard InChI is InChI=1S/C24H20Cl2N2O/c1-13-9-11-17(12-10-13)27-18-7-5-6-8-19-21(18)24(28-29-19)20-14(2)22(25)16(4)23(26)15(20)3/h5-12H,1-4H3. The van der Waals surface area contributed by atoms with Crippen molar-refractivity contribution < 1.29 is 4.52 Å². The average Bonchev–Trinajstić information content (AvgIpc) is 3.02. The first kappa shape index (κ1) is 19.7. The second kappa shape index (κ2) is 7.66. The van der Waals surface area contributed by atoms with Crippen molar-refractivity contribution in [1.82, 2.24) is 5.16 Å². The minimum atomic E-state index is 0.643. The van der Waals surface area contributed by atoms with E-state index in [-0.39, 0.29) is 0 Å². The van der Waals surface area contributed by atoms with E-state index in [2.05, 4.69) is 12.1 Å². The molecule has 5 heteroatoms. The molecule has 1 aromatic heterocycles. The summed E-state index contributed by atoms with van der Waals surface area (Å²) >= 11 is 13.1. The molecule has 3 nitrogen and oxygen atoms in total. The van der Waals surface area contributed by atoms with Gasteiger partial charge in [0.25, 0.3) is 0 Å². The van der Waals surface area contributed by atoms with Gasteiger partial charge >= 0.3 is 0 Å². The lowest BCUT2D eigenvalue weighted by molar-refractivity contribution is 0.459. The fourth-order valence-corrected chi connectivity index (χ4v) is 4.00. The van der Waals surface area contributed by atoms with Crippen LogP contribution in [0.5, 0.6) is 0 Å². The third-order valence-electron chi connectivity index (χ3n) is 5.17. The van der Waals surface area contributed by atoms with Crippen LogP contribution in [0.15, 0.2) is 58.0 Å². The summed E-state index contributed by atoms with van der Waals surface area (Å²) in [5, 5.41) is 7.28. The van der Waals surface area contributed by atoms with Crippen LogP contribution in [-0.2, 0) is 0 Å². The highest BCUT2D eigenvalue weighted by molar-refractivity contribution is 6.37. The first-order chi connectivity index (χ1) is 13.9. The number of nitrogens with zero attached hydrogens (tertiary/aromatic N) is 2. The molecule has 0 radical (unpaired) electrons. The van der Waals surface area contributed by atoms with Gasteiger partial charge in [-0.1, -0.05) is 58.2 Å². The van der Waals surface area contributed by atoms with E-state index in [0.717, 1.165) is 38.7 Å². The van der Waals surface area contributed by atoms with Crippen molar-refractivity contribution in [2.24, 2.45) is 4.99 Å². The summed E-state index contributed by atoms with van der Waals surface area (Å²) in [5.41, 5.74) is 7.01. The Morgan fingerprint density at radius 2 is 1.41 bits per heavy atom. The summed E-state index contributed by atoms with van der Waals surface area (Å²) in [7, 11) is 0. The second-order valence-corrected chi connectivity index (χ2v) is 7.96. The number of aromatic nitrogens is 1. The van der Waals surface area contributed by atoms with Crippen LogP contribution < -0.4 is 5.36 Å². The van der Waals surface area contributed by atoms with Crippen molar-refractivity contribution in [2.45, 2.75) is 27.7 Å². The van der Waals surface area contributed by atoms with Crippen LogP contribution in [0, 0.1) is 27.7 Å². The Bertz CT molecular complexity index is 1280. The highest BCUT2D eigenvalue weighted by Gasteiger charge is 2.21. The lowest BCUT2D eigenvalue weighted by Gasteiger charge is -2.14. The molecule has 3 aromatic carbocycles. The average molecular weight is 423 g/mol. The fraction of sp³-hybridized carbons (Fsp3) is 0.167. The maximum Gasteiger partial charge on any atom is 0.169 e. The van der Waals surface area contributed by atoms with Crippen LogP contribution in [0.2, 0.25) is 10.0 Å². The largest absolute Gasteiger partial charge is 0.356 e. The summed E-state index contributed by atoms with van der Waals surface area (Å²) in [5.74, 6) is 0. The molecule has 1 heterocycles. The summed E-state index contributed by atoms with van der Waals surface area (Å²) in [4.78, 5) is 4.86. The Morgan fingerprint density at radius 1 is 0.793 bits per heavy atom. The predicted molar refractivity (Wildman–Crippen MR) is 120 cm³/mol. The Labute approximate surface area is 179 Å². The molecule has 29 heavy (non-hydrogen) atoms. The van der Waals surface area contributed by atoms with Crippen molar-refractivity contribution >= 4 is 39.9 Å². The molecule has 0 aliphatic rings. The van der Waals surface area contributed by atoms with Crippen LogP contribution in [0.25, 0.3) is 22.2 Å². The van der Waals surface area contributed by atoms with Gasteiger partial charge in [0.15, 0.2) is 5.58 Å². The lowest BCUT2D eigenvalue weighted by atomic mass is 9.95. The molecule has 0 unspecified atom stereocenters. The molecule has 4 aromatic rings. The van der Waals surface area contributed by atoms with E-state index in [0.29, 0.717) is 21.3 Å². The van der Waals surface area contributed by atoms with Gasteiger partial charge in [0.05, 0.1) is 16.4 Å². The summed E-state index contributed by atoms with van der Waals surface area (Å²) in [6.07, 6.45) is 0. The van der Waals surface area contributed by atoms with Crippen LogP contribution in [0.4, 0.5) is 5.69 Å². The highest BCUT2D eigenvalue weighted by atomic mass is 35.5. The molecule has 146 valence electrons. The zero-order valence-electron chi connectivity index (χ0n) is 16.7. The summed E-state index contributed by atoms with van der Waals surface area (Å²) in [6.45, 7) is 7.94. The fourth-order valence-electron chi connectivity index (χ4n) is 3.57. The normalized spacial score (nSPS) is 12.0. The number of fused-ring (bicyclic) bond motifs is 1. The Kier molecular flexibility index (Phi) is 5.20. The van der Waals surface area contributed by atoms with Crippen LogP contribution in [-0.4, -0.2) is 5.16 Å². The maximum absolute atomic E-state index is 6.57. The minimum absolute atomic E-state index is 0.643. The molecule has 4 rings (SSSR count). The SMILES string of the molecule is Cc1ccc(N=c2ccccc3onc(-c4c(C)c(Cl)c(C)c(Cl)c4C)c23)cc1. The number of hydrogen-bond acceptors (Lipinski definition) is 3. The number of rotatable bonds is 2. The van der Waals surface area contributed by atoms with Crippen molar-refractivity contribution in [3.63, 3.8) is 0 Å². The van der Waals surface area contributed by atoms with Gasteiger partial charge in [-0.15, -0.1) is 0 Å². The van der Waals surface area contributed by atoms with Gasteiger partial charge in [-0.2, -0.15) is 0 Å². The van der Waals surface area contributed by atoms with Crippen molar-refractivity contribution in [1.29, 1.82) is 0 Å². The molecule has 0 spiro atoms. The Hall–Kier alpha value is -2.62. The van der Waals surface area contributed by atoms with Crippen molar-refractivity contribution in [3.05, 3.63) is 86.2 Å². The molecule has 0 fully saturated rings. The van der Waals surface area contributed by atoms with E-state index in [1.807, 2.05) is 69.3 Å². The van der Waals surface area contributed by atoms with Crippen molar-refractivity contribution in [3.8, 4) is 11.3 Å². The van der Waals surface area contributed by atoms with Gasteiger partial charge in [0.2, 0.25) is 0 Å². The number of hydrogen-bond donors (Lipinski definition) is 0. The van der Waals surface area contributed by atoms with Gasteiger partial charge in [-0.3, -0.25) is 0 Å². The predicted octanol–water partition coefficient (Wildman–Crippen LogP) is 7.27. The molecule has 0 bridgehead atoms. The number of benzene rings is 2. The zero-order valence-corrected chi connectivity index (χ0v) is 18.2. The smallest absolute Gasteiger partial charge is 0.169 e. The van der Waals surface area contributed by atoms with E-state index in [4.69, 9.17) is 32.7 Å². The van der Waals surface area contributed by atoms with Gasteiger partial charge in [0.1, 0.15) is 5.69 Å². The van der Waals surface area contributed by atoms with Gasteiger partial charge in [0, 0.05) is 15.6 Å². The van der Waals surface area contributed by atoms with E-state index in [9.17, 15) is 0 Å². The number of aryl methyl sites for hydroxylation is 1. The van der Waals surface area contributed by atoms with Gasteiger partial charge in [-0.05, 0) is 68.7 Å². The molecule has 0 amide bonds. The lowest BCUT2D eigenvalue weighted by Crippen LogP contribution is -2.01. The van der Waals surface area contributed by atoms with E-state index in [1.54, 1.807) is 0 Å². The molecule has 0 saturated heterocycles. The quantitative estimate of drug-likeness (QED) is 0.340. The molecule has 0 saturated carbocycles. The van der Waals surface area contributed by atoms with Gasteiger partial charge < -0.3 is 4.52 Å². The Morgan fingerprint density at radius 3 is 2.07 bits per heavy atom. The molecule has 0 aliphatic heterocycles. The summed E-state index contributed by atoms with van der Waals surface area (Å²) < 4.78 is 5.68. The maximum atomic E-state index is 6.57. The molecular weight excluding hydrogens is 403 g/mol. The topological polar surface area (TPSA) is 38.4 Å². The first-order valence-corrected chi connectivity index (χ1v) is 10.1. The van der Waals surface area contributed by atoms with Crippen molar-refractivity contribution in [2.75, 3.05) is 0 Å². The van der Waals surface area contributed by atoms with Crippen LogP contribution >= 0.6 is 23.2 Å². The zero-order chi connectivity index (χ0) is 20.7. The van der Waals surface area contributed by atoms with E-state index < -0.39 is 0 Å². The molecule has 0 N–H and O–H groups in total. The third kappa shape index (κ3) is 3.45. The van der Waals surface area contributed by atoms with E-state index in [1.165, 1.54) is 5.56 Å². The number of halogens is 2. The second-order valence-electron chi connectivity index (χ2n) is 7.20. The summed E-state index contributed by atoms with van der Waals surface area (Å²) in [6, 6.07) is 15.8. The minimum Gasteiger partial charge on any atom is -0.356 e. The third-order valence-corrected chi connectivity index (χ3v) is 6.31. The van der Waals surface area contributed by atoms with Crippen LogP contribution in [0.1, 0.15) is 22.3 Å². The monoisotopic (exact) mass is 422 g/mol. The van der Waals surface area contributed by atoms with Crippen LogP contribution in [0.3, 0.4) is 0 Å². The first-order valence-electron chi connectivity index (χ1n) is 9.33. The Balaban J connectivity index is 2.10. The van der Waals surface area contributed by atoms with E-state index >= 15 is 0 Å². The molecule has 0 atom stereocenters. The molecule has 0 aliphatic carbocycles. The van der Waals surface area contributed by atoms with Gasteiger partial charge in [-0.25, -0.2) is 4.99 Å². The highest BCUT2D eigenvalue weighted by Crippen LogP contribution is 2.40. The molecular formula is C24H20Cl2N2O.